The second-order valence-corrected chi connectivity index (χ2v) is 8.30. The molecule has 0 fully saturated rings. The lowest BCUT2D eigenvalue weighted by atomic mass is 9.97. The van der Waals surface area contributed by atoms with Crippen LogP contribution in [0.4, 0.5) is 10.9 Å². The fourth-order valence-corrected chi connectivity index (χ4v) is 4.61. The molecule has 6 nitrogen and oxygen atoms in total. The predicted octanol–water partition coefficient (Wildman–Crippen LogP) is 4.91. The molecule has 0 aliphatic heterocycles. The molecule has 1 aliphatic rings. The minimum absolute atomic E-state index is 0.905. The van der Waals surface area contributed by atoms with Crippen molar-refractivity contribution in [3.05, 3.63) is 59.1 Å². The van der Waals surface area contributed by atoms with Crippen LogP contribution in [0, 0.1) is 0 Å². The molecule has 29 heavy (non-hydrogen) atoms. The third-order valence-electron chi connectivity index (χ3n) is 5.51. The molecule has 148 valence electrons. The number of nitrogens with zero attached hydrogens (tertiary/aromatic N) is 5. The van der Waals surface area contributed by atoms with Gasteiger partial charge in [0.1, 0.15) is 5.82 Å². The molecule has 5 rings (SSSR count). The van der Waals surface area contributed by atoms with E-state index in [0.29, 0.717) is 0 Å². The highest BCUT2D eigenvalue weighted by molar-refractivity contribution is 7.14. The molecular formula is C22H24N6S. The molecular weight excluding hydrogens is 380 g/mol. The molecule has 0 spiro atoms. The number of thiazole rings is 1. The average Bonchev–Trinajstić information content (AvgIpc) is 3.48. The molecule has 7 heteroatoms. The Hall–Kier alpha value is -2.93. The zero-order chi connectivity index (χ0) is 19.8. The number of hydrogen-bond acceptors (Lipinski definition) is 5. The number of aryl methyl sites for hydroxylation is 3. The van der Waals surface area contributed by atoms with Crippen molar-refractivity contribution in [1.82, 2.24) is 24.3 Å². The highest BCUT2D eigenvalue weighted by atomic mass is 32.1. The monoisotopic (exact) mass is 404 g/mol. The topological polar surface area (TPSA) is 60.6 Å². The highest BCUT2D eigenvalue weighted by Crippen LogP contribution is 2.32. The minimum atomic E-state index is 0.905. The zero-order valence-electron chi connectivity index (χ0n) is 16.7. The molecule has 4 aromatic rings. The summed E-state index contributed by atoms with van der Waals surface area (Å²) >= 11 is 1.63. The maximum atomic E-state index is 4.81. The van der Waals surface area contributed by atoms with E-state index in [0.717, 1.165) is 52.9 Å². The van der Waals surface area contributed by atoms with Crippen LogP contribution in [0.3, 0.4) is 0 Å². The second kappa shape index (κ2) is 7.48. The molecule has 3 heterocycles. The Morgan fingerprint density at radius 2 is 1.97 bits per heavy atom. The van der Waals surface area contributed by atoms with Crippen molar-refractivity contribution >= 4 is 22.3 Å². The summed E-state index contributed by atoms with van der Waals surface area (Å²) in [5.74, 6) is 1.09. The SMILES string of the molecule is CCc1cn(-c2ccc(-c3csc(Nc4c5c(nn4C)CCCC5)n3)cc2)cn1. The van der Waals surface area contributed by atoms with Gasteiger partial charge in [-0.3, -0.25) is 4.68 Å². The molecule has 0 amide bonds. The summed E-state index contributed by atoms with van der Waals surface area (Å²) in [7, 11) is 2.01. The molecule has 0 radical (unpaired) electrons. The number of aromatic nitrogens is 5. The van der Waals surface area contributed by atoms with Crippen molar-refractivity contribution in [2.45, 2.75) is 39.0 Å². The molecule has 0 saturated carbocycles. The third kappa shape index (κ3) is 3.46. The Labute approximate surface area is 174 Å². The number of hydrogen-bond donors (Lipinski definition) is 1. The summed E-state index contributed by atoms with van der Waals surface area (Å²) in [6, 6.07) is 8.46. The fraction of sp³-hybridized carbons (Fsp3) is 0.318. The van der Waals surface area contributed by atoms with E-state index in [9.17, 15) is 0 Å². The minimum Gasteiger partial charge on any atom is -0.316 e. The average molecular weight is 405 g/mol. The van der Waals surface area contributed by atoms with Crippen LogP contribution >= 0.6 is 11.3 Å². The zero-order valence-corrected chi connectivity index (χ0v) is 17.5. The van der Waals surface area contributed by atoms with Gasteiger partial charge in [-0.25, -0.2) is 9.97 Å². The molecule has 1 aromatic carbocycles. The van der Waals surface area contributed by atoms with Crippen LogP contribution < -0.4 is 5.32 Å². The van der Waals surface area contributed by atoms with Gasteiger partial charge in [0, 0.05) is 35.4 Å². The summed E-state index contributed by atoms with van der Waals surface area (Å²) in [6.07, 6.45) is 9.54. The number of anilines is 2. The lowest BCUT2D eigenvalue weighted by Gasteiger charge is -2.11. The normalized spacial score (nSPS) is 13.4. The van der Waals surface area contributed by atoms with Crippen molar-refractivity contribution in [3.8, 4) is 16.9 Å². The van der Waals surface area contributed by atoms with Crippen molar-refractivity contribution < 1.29 is 0 Å². The molecule has 0 atom stereocenters. The van der Waals surface area contributed by atoms with Crippen molar-refractivity contribution in [2.75, 3.05) is 5.32 Å². The van der Waals surface area contributed by atoms with Crippen LogP contribution in [0.5, 0.6) is 0 Å². The Kier molecular flexibility index (Phi) is 4.67. The van der Waals surface area contributed by atoms with Gasteiger partial charge in [-0.1, -0.05) is 19.1 Å². The van der Waals surface area contributed by atoms with E-state index in [1.165, 1.54) is 24.1 Å². The summed E-state index contributed by atoms with van der Waals surface area (Å²) < 4.78 is 4.02. The van der Waals surface area contributed by atoms with Crippen molar-refractivity contribution in [2.24, 2.45) is 7.05 Å². The summed E-state index contributed by atoms with van der Waals surface area (Å²) in [6.45, 7) is 2.12. The highest BCUT2D eigenvalue weighted by Gasteiger charge is 2.20. The predicted molar refractivity (Wildman–Crippen MR) is 117 cm³/mol. The maximum absolute atomic E-state index is 4.81. The number of fused-ring (bicyclic) bond motifs is 1. The molecule has 0 saturated heterocycles. The van der Waals surface area contributed by atoms with Gasteiger partial charge in [-0.2, -0.15) is 5.10 Å². The van der Waals surface area contributed by atoms with Crippen LogP contribution in [0.2, 0.25) is 0 Å². The van der Waals surface area contributed by atoms with E-state index in [-0.39, 0.29) is 0 Å². The smallest absolute Gasteiger partial charge is 0.188 e. The molecule has 0 bridgehead atoms. The van der Waals surface area contributed by atoms with Crippen molar-refractivity contribution in [1.29, 1.82) is 0 Å². The van der Waals surface area contributed by atoms with Crippen LogP contribution in [0.25, 0.3) is 16.9 Å². The van der Waals surface area contributed by atoms with Gasteiger partial charge < -0.3 is 9.88 Å². The first-order valence-electron chi connectivity index (χ1n) is 10.1. The van der Waals surface area contributed by atoms with E-state index in [1.54, 1.807) is 11.3 Å². The van der Waals surface area contributed by atoms with Gasteiger partial charge in [-0.05, 0) is 44.2 Å². The Bertz CT molecular complexity index is 1130. The van der Waals surface area contributed by atoms with E-state index in [1.807, 2.05) is 18.1 Å². The quantitative estimate of drug-likeness (QED) is 0.513. The van der Waals surface area contributed by atoms with E-state index >= 15 is 0 Å². The first kappa shape index (κ1) is 18.1. The van der Waals surface area contributed by atoms with Gasteiger partial charge in [0.2, 0.25) is 0 Å². The number of imidazole rings is 1. The van der Waals surface area contributed by atoms with E-state index in [2.05, 4.69) is 62.7 Å². The Morgan fingerprint density at radius 3 is 2.76 bits per heavy atom. The molecule has 0 unspecified atom stereocenters. The summed E-state index contributed by atoms with van der Waals surface area (Å²) in [5.41, 5.74) is 6.89. The van der Waals surface area contributed by atoms with E-state index in [4.69, 9.17) is 4.98 Å². The summed E-state index contributed by atoms with van der Waals surface area (Å²) in [4.78, 5) is 9.22. The van der Waals surface area contributed by atoms with Crippen LogP contribution in [0.1, 0.15) is 36.7 Å². The van der Waals surface area contributed by atoms with Crippen LogP contribution in [-0.2, 0) is 26.3 Å². The standard InChI is InChI=1S/C22H24N6S/c1-3-16-12-28(14-23-16)17-10-8-15(9-11-17)20-13-29-22(24-20)25-21-18-6-4-5-7-19(18)26-27(21)2/h8-14H,3-7H2,1-2H3,(H,24,25). The molecule has 3 aromatic heterocycles. The van der Waals surface area contributed by atoms with Crippen LogP contribution in [0.15, 0.2) is 42.2 Å². The Morgan fingerprint density at radius 1 is 1.14 bits per heavy atom. The van der Waals surface area contributed by atoms with Gasteiger partial charge in [0.15, 0.2) is 5.13 Å². The first-order valence-corrected chi connectivity index (χ1v) is 11.0. The number of benzene rings is 1. The fourth-order valence-electron chi connectivity index (χ4n) is 3.89. The first-order chi connectivity index (χ1) is 14.2. The number of rotatable bonds is 5. The Balaban J connectivity index is 1.36. The van der Waals surface area contributed by atoms with Crippen molar-refractivity contribution in [3.63, 3.8) is 0 Å². The number of nitrogens with one attached hydrogen (secondary N) is 1. The van der Waals surface area contributed by atoms with Gasteiger partial charge in [-0.15, -0.1) is 11.3 Å². The van der Waals surface area contributed by atoms with Gasteiger partial charge >= 0.3 is 0 Å². The van der Waals surface area contributed by atoms with Gasteiger partial charge in [0.05, 0.1) is 23.4 Å². The summed E-state index contributed by atoms with van der Waals surface area (Å²) in [5, 5.41) is 11.2. The largest absolute Gasteiger partial charge is 0.316 e. The van der Waals surface area contributed by atoms with Crippen LogP contribution in [-0.4, -0.2) is 24.3 Å². The van der Waals surface area contributed by atoms with E-state index < -0.39 is 0 Å². The third-order valence-corrected chi connectivity index (χ3v) is 6.27. The maximum Gasteiger partial charge on any atom is 0.188 e. The lowest BCUT2D eigenvalue weighted by molar-refractivity contribution is 0.664. The molecule has 1 aliphatic carbocycles. The van der Waals surface area contributed by atoms with Gasteiger partial charge in [0.25, 0.3) is 0 Å². The lowest BCUT2D eigenvalue weighted by Crippen LogP contribution is -2.03. The molecule has 1 N–H and O–H groups in total. The second-order valence-electron chi connectivity index (χ2n) is 7.44.